The van der Waals surface area contributed by atoms with Crippen molar-refractivity contribution < 1.29 is 0 Å². The van der Waals surface area contributed by atoms with Crippen molar-refractivity contribution in [1.82, 2.24) is 0 Å². The minimum absolute atomic E-state index is 1.29. The molecule has 0 atom stereocenters. The van der Waals surface area contributed by atoms with E-state index in [1.165, 1.54) is 60.8 Å². The molecule has 0 amide bonds. The van der Waals surface area contributed by atoms with Crippen molar-refractivity contribution in [3.8, 4) is 22.3 Å². The summed E-state index contributed by atoms with van der Waals surface area (Å²) in [7, 11) is 0. The molecule has 134 valence electrons. The number of aryl methyl sites for hydroxylation is 4. The normalized spacial score (nSPS) is 11.1. The summed E-state index contributed by atoms with van der Waals surface area (Å²) < 4.78 is 0. The third-order valence-corrected chi connectivity index (χ3v) is 5.86. The predicted molar refractivity (Wildman–Crippen MR) is 119 cm³/mol. The van der Waals surface area contributed by atoms with Gasteiger partial charge in [-0.15, -0.1) is 0 Å². The molecule has 0 unspecified atom stereocenters. The lowest BCUT2D eigenvalue weighted by Gasteiger charge is -2.17. The monoisotopic (exact) mass is 350 g/mol. The van der Waals surface area contributed by atoms with Gasteiger partial charge in [-0.2, -0.15) is 0 Å². The number of hydrogen-bond donors (Lipinski definition) is 0. The Labute approximate surface area is 162 Å². The highest BCUT2D eigenvalue weighted by Crippen LogP contribution is 2.37. The average molecular weight is 351 g/mol. The van der Waals surface area contributed by atoms with Crippen LogP contribution in [0.15, 0.2) is 66.7 Å². The van der Waals surface area contributed by atoms with Gasteiger partial charge in [-0.1, -0.05) is 71.8 Å². The lowest BCUT2D eigenvalue weighted by Crippen LogP contribution is -1.94. The van der Waals surface area contributed by atoms with E-state index in [-0.39, 0.29) is 0 Å². The Morgan fingerprint density at radius 1 is 0.444 bits per heavy atom. The first-order chi connectivity index (χ1) is 13.0. The van der Waals surface area contributed by atoms with Crippen LogP contribution < -0.4 is 0 Å². The van der Waals surface area contributed by atoms with Gasteiger partial charge in [0.25, 0.3) is 0 Å². The number of fused-ring (bicyclic) bond motifs is 1. The van der Waals surface area contributed by atoms with E-state index in [4.69, 9.17) is 0 Å². The molecule has 0 heteroatoms. The molecule has 27 heavy (non-hydrogen) atoms. The first kappa shape index (κ1) is 17.5. The molecule has 0 fully saturated rings. The molecule has 0 heterocycles. The second-order valence-corrected chi connectivity index (χ2v) is 7.74. The van der Waals surface area contributed by atoms with E-state index >= 15 is 0 Å². The maximum absolute atomic E-state index is 2.36. The maximum Gasteiger partial charge on any atom is -0.0116 e. The molecule has 0 nitrogen and oxygen atoms in total. The summed E-state index contributed by atoms with van der Waals surface area (Å²) in [6.07, 6.45) is 0. The second-order valence-electron chi connectivity index (χ2n) is 7.74. The van der Waals surface area contributed by atoms with Crippen LogP contribution in [0.25, 0.3) is 33.0 Å². The van der Waals surface area contributed by atoms with E-state index in [9.17, 15) is 0 Å². The van der Waals surface area contributed by atoms with E-state index in [1.807, 2.05) is 0 Å². The predicted octanol–water partition coefficient (Wildman–Crippen LogP) is 7.72. The standard InChI is InChI=1S/C27H26/c1-17-6-10-22(11-7-17)25-15-14-24-16-26(23-12-8-18(2)9-13-23)19(3)20(4)27(24)21(25)5/h6-16H,1-5H3. The molecule has 0 spiro atoms. The quantitative estimate of drug-likeness (QED) is 0.347. The number of benzene rings is 4. The average Bonchev–Trinajstić information content (AvgIpc) is 2.66. The Morgan fingerprint density at radius 3 is 1.52 bits per heavy atom. The summed E-state index contributed by atoms with van der Waals surface area (Å²) in [5, 5.41) is 2.71. The van der Waals surface area contributed by atoms with Crippen LogP contribution in [0, 0.1) is 34.6 Å². The maximum atomic E-state index is 2.36. The number of hydrogen-bond acceptors (Lipinski definition) is 0. The van der Waals surface area contributed by atoms with E-state index in [0.29, 0.717) is 0 Å². The molecule has 0 aliphatic heterocycles. The van der Waals surface area contributed by atoms with E-state index in [1.54, 1.807) is 0 Å². The van der Waals surface area contributed by atoms with Crippen molar-refractivity contribution in [2.45, 2.75) is 34.6 Å². The summed E-state index contributed by atoms with van der Waals surface area (Å²) in [5.74, 6) is 0. The lowest BCUT2D eigenvalue weighted by molar-refractivity contribution is 1.35. The smallest absolute Gasteiger partial charge is 0.0116 e. The molecule has 4 aromatic carbocycles. The van der Waals surface area contributed by atoms with Crippen LogP contribution in [0.3, 0.4) is 0 Å². The zero-order valence-electron chi connectivity index (χ0n) is 16.9. The van der Waals surface area contributed by atoms with Crippen molar-refractivity contribution in [3.63, 3.8) is 0 Å². The SMILES string of the molecule is Cc1ccc(-c2cc3ccc(-c4ccc(C)cc4)c(C)c3c(C)c2C)cc1. The molecule has 0 saturated carbocycles. The minimum Gasteiger partial charge on any atom is -0.0587 e. The molecule has 0 N–H and O–H groups in total. The van der Waals surface area contributed by atoms with Gasteiger partial charge < -0.3 is 0 Å². The molecule has 0 bridgehead atoms. The fourth-order valence-corrected chi connectivity index (χ4v) is 4.08. The molecule has 4 aromatic rings. The highest BCUT2D eigenvalue weighted by Gasteiger charge is 2.13. The highest BCUT2D eigenvalue weighted by molar-refractivity contribution is 5.98. The summed E-state index contributed by atoms with van der Waals surface area (Å²) in [6, 6.07) is 24.6. The first-order valence-electron chi connectivity index (χ1n) is 9.63. The topological polar surface area (TPSA) is 0 Å². The van der Waals surface area contributed by atoms with Crippen molar-refractivity contribution >= 4 is 10.8 Å². The van der Waals surface area contributed by atoms with E-state index in [0.717, 1.165) is 0 Å². The first-order valence-corrected chi connectivity index (χ1v) is 9.63. The summed E-state index contributed by atoms with van der Waals surface area (Å²) in [5.41, 5.74) is 12.0. The Balaban J connectivity index is 1.94. The second kappa shape index (κ2) is 6.70. The Kier molecular flexibility index (Phi) is 4.36. The summed E-state index contributed by atoms with van der Waals surface area (Å²) >= 11 is 0. The van der Waals surface area contributed by atoms with E-state index in [2.05, 4.69) is 101 Å². The Hall–Kier alpha value is -2.86. The fourth-order valence-electron chi connectivity index (χ4n) is 4.08. The van der Waals surface area contributed by atoms with Crippen molar-refractivity contribution in [3.05, 3.63) is 94.5 Å². The molecule has 0 aliphatic rings. The van der Waals surface area contributed by atoms with Crippen LogP contribution in [0.5, 0.6) is 0 Å². The van der Waals surface area contributed by atoms with Gasteiger partial charge in [-0.05, 0) is 90.4 Å². The van der Waals surface area contributed by atoms with Crippen molar-refractivity contribution in [2.75, 3.05) is 0 Å². The third-order valence-electron chi connectivity index (χ3n) is 5.86. The van der Waals surface area contributed by atoms with Crippen LogP contribution in [-0.4, -0.2) is 0 Å². The third kappa shape index (κ3) is 3.06. The van der Waals surface area contributed by atoms with Gasteiger partial charge in [0.1, 0.15) is 0 Å². The molecule has 0 aliphatic carbocycles. The van der Waals surface area contributed by atoms with Crippen LogP contribution in [0.4, 0.5) is 0 Å². The van der Waals surface area contributed by atoms with Crippen molar-refractivity contribution in [1.29, 1.82) is 0 Å². The highest BCUT2D eigenvalue weighted by atomic mass is 14.2. The molecular weight excluding hydrogens is 324 g/mol. The molecular formula is C27H26. The molecule has 0 saturated heterocycles. The fraction of sp³-hybridized carbons (Fsp3) is 0.185. The zero-order valence-corrected chi connectivity index (χ0v) is 16.9. The van der Waals surface area contributed by atoms with Crippen LogP contribution in [0.2, 0.25) is 0 Å². The van der Waals surface area contributed by atoms with Crippen LogP contribution >= 0.6 is 0 Å². The summed E-state index contributed by atoms with van der Waals surface area (Å²) in [4.78, 5) is 0. The zero-order chi connectivity index (χ0) is 19.1. The van der Waals surface area contributed by atoms with Gasteiger partial charge >= 0.3 is 0 Å². The van der Waals surface area contributed by atoms with Gasteiger partial charge in [-0.3, -0.25) is 0 Å². The molecule has 0 aromatic heterocycles. The van der Waals surface area contributed by atoms with Gasteiger partial charge in [0.15, 0.2) is 0 Å². The van der Waals surface area contributed by atoms with E-state index < -0.39 is 0 Å². The Morgan fingerprint density at radius 2 is 0.963 bits per heavy atom. The van der Waals surface area contributed by atoms with Crippen LogP contribution in [-0.2, 0) is 0 Å². The number of rotatable bonds is 2. The van der Waals surface area contributed by atoms with Crippen LogP contribution in [0.1, 0.15) is 27.8 Å². The lowest BCUT2D eigenvalue weighted by atomic mass is 9.87. The van der Waals surface area contributed by atoms with Gasteiger partial charge in [0.05, 0.1) is 0 Å². The van der Waals surface area contributed by atoms with Gasteiger partial charge in [0.2, 0.25) is 0 Å². The Bertz CT molecular complexity index is 1130. The minimum atomic E-state index is 1.29. The van der Waals surface area contributed by atoms with Gasteiger partial charge in [-0.25, -0.2) is 0 Å². The largest absolute Gasteiger partial charge is 0.0587 e. The van der Waals surface area contributed by atoms with Gasteiger partial charge in [0, 0.05) is 0 Å². The molecule has 0 radical (unpaired) electrons. The molecule has 4 rings (SSSR count). The summed E-state index contributed by atoms with van der Waals surface area (Å²) in [6.45, 7) is 11.0. The van der Waals surface area contributed by atoms with Crippen molar-refractivity contribution in [2.24, 2.45) is 0 Å².